The molecule has 0 spiro atoms. The van der Waals surface area contributed by atoms with E-state index >= 15 is 0 Å². The summed E-state index contributed by atoms with van der Waals surface area (Å²) in [5.74, 6) is -1.27. The maximum atomic E-state index is 13.7. The molecule has 178 valence electrons. The van der Waals surface area contributed by atoms with Crippen LogP contribution < -0.4 is 16.0 Å². The van der Waals surface area contributed by atoms with E-state index in [-0.39, 0.29) is 0 Å². The van der Waals surface area contributed by atoms with Gasteiger partial charge in [-0.2, -0.15) is 0 Å². The summed E-state index contributed by atoms with van der Waals surface area (Å²) >= 11 is 0. The van der Waals surface area contributed by atoms with E-state index in [0.29, 0.717) is 36.9 Å². The van der Waals surface area contributed by atoms with E-state index in [1.54, 1.807) is 24.3 Å². The Morgan fingerprint density at radius 3 is 2.23 bits per heavy atom. The number of ether oxygens (including phenoxy) is 1. The predicted octanol–water partition coefficient (Wildman–Crippen LogP) is 4.53. The van der Waals surface area contributed by atoms with Gasteiger partial charge in [0.05, 0.1) is 7.11 Å². The summed E-state index contributed by atoms with van der Waals surface area (Å²) in [5.41, 5.74) is 2.79. The Labute approximate surface area is 201 Å². The lowest BCUT2D eigenvalue weighted by atomic mass is 9.70. The molecule has 0 radical (unpaired) electrons. The van der Waals surface area contributed by atoms with Gasteiger partial charge in [-0.15, -0.1) is 0 Å². The van der Waals surface area contributed by atoms with E-state index in [1.807, 2.05) is 30.5 Å². The van der Waals surface area contributed by atoms with Gasteiger partial charge in [-0.1, -0.05) is 42.5 Å². The van der Waals surface area contributed by atoms with Crippen molar-refractivity contribution in [2.24, 2.45) is 0 Å². The molecule has 5 rings (SSSR count). The van der Waals surface area contributed by atoms with Crippen molar-refractivity contribution in [2.75, 3.05) is 13.7 Å². The Kier molecular flexibility index (Phi) is 6.12. The van der Waals surface area contributed by atoms with Gasteiger partial charge >= 0.3 is 5.97 Å². The standard InChI is InChI=1S/C29H25F2NO3/c1-34-28(33)29(20-8-12-22(30)13-9-20,21-10-14-23(31)15-11-21)16-4-5-19-17-32-18-25-24-6-2-3-7-26(24)35-27(19)25/h2-3,6-15,18,32H,4-5,16-17H2,1H3. The molecule has 1 aliphatic rings. The molecule has 0 saturated heterocycles. The molecule has 0 fully saturated rings. The Morgan fingerprint density at radius 2 is 1.60 bits per heavy atom. The van der Waals surface area contributed by atoms with Gasteiger partial charge in [0, 0.05) is 23.3 Å². The number of rotatable bonds is 7. The Balaban J connectivity index is 1.54. The molecule has 0 bridgehead atoms. The number of halogens is 2. The van der Waals surface area contributed by atoms with Crippen LogP contribution in [0, 0.1) is 11.6 Å². The van der Waals surface area contributed by atoms with Crippen LogP contribution in [0.4, 0.5) is 8.78 Å². The fourth-order valence-corrected chi connectivity index (χ4v) is 5.03. The summed E-state index contributed by atoms with van der Waals surface area (Å²) < 4.78 is 38.9. The average Bonchev–Trinajstić information content (AvgIpc) is 3.27. The lowest BCUT2D eigenvalue weighted by Crippen LogP contribution is -2.39. The van der Waals surface area contributed by atoms with Crippen LogP contribution in [0.5, 0.6) is 0 Å². The molecule has 2 heterocycles. The highest BCUT2D eigenvalue weighted by molar-refractivity contribution is 5.87. The number of para-hydroxylation sites is 1. The van der Waals surface area contributed by atoms with Crippen molar-refractivity contribution in [3.05, 3.63) is 106 Å². The number of methoxy groups -OCH3 is 1. The molecule has 35 heavy (non-hydrogen) atoms. The van der Waals surface area contributed by atoms with Gasteiger partial charge in [0.25, 0.3) is 0 Å². The Bertz CT molecular complexity index is 1440. The second-order valence-corrected chi connectivity index (χ2v) is 8.73. The molecule has 0 aliphatic carbocycles. The minimum Gasteiger partial charge on any atom is -0.468 e. The van der Waals surface area contributed by atoms with E-state index in [0.717, 1.165) is 27.2 Å². The predicted molar refractivity (Wildman–Crippen MR) is 131 cm³/mol. The first-order valence-electron chi connectivity index (χ1n) is 11.6. The first kappa shape index (κ1) is 22.8. The zero-order chi connectivity index (χ0) is 24.4. The minimum atomic E-state index is -1.21. The summed E-state index contributed by atoms with van der Waals surface area (Å²) in [6, 6.07) is 19.6. The van der Waals surface area contributed by atoms with Crippen molar-refractivity contribution in [1.82, 2.24) is 5.32 Å². The third-order valence-electron chi connectivity index (χ3n) is 6.76. The SMILES string of the molecule is COC(=O)C(CCCC1=c2oc3ccccc3c2=CNC1)(c1ccc(F)cc1)c1ccc(F)cc1. The van der Waals surface area contributed by atoms with Crippen LogP contribution in [0.25, 0.3) is 22.7 Å². The highest BCUT2D eigenvalue weighted by atomic mass is 19.1. The molecular weight excluding hydrogens is 448 g/mol. The molecule has 0 atom stereocenters. The number of benzene rings is 3. The molecule has 4 aromatic rings. The molecule has 3 aromatic carbocycles. The quantitative estimate of drug-likeness (QED) is 0.401. The second-order valence-electron chi connectivity index (χ2n) is 8.73. The summed E-state index contributed by atoms with van der Waals surface area (Å²) in [4.78, 5) is 13.4. The van der Waals surface area contributed by atoms with Gasteiger partial charge in [0.1, 0.15) is 28.0 Å². The number of esters is 1. The lowest BCUT2D eigenvalue weighted by molar-refractivity contribution is -0.146. The van der Waals surface area contributed by atoms with Crippen LogP contribution in [0.1, 0.15) is 30.4 Å². The van der Waals surface area contributed by atoms with Gasteiger partial charge in [0.2, 0.25) is 0 Å². The van der Waals surface area contributed by atoms with Crippen molar-refractivity contribution in [3.8, 4) is 0 Å². The number of carbonyl (C=O) groups is 1. The zero-order valence-corrected chi connectivity index (χ0v) is 19.3. The number of carbonyl (C=O) groups excluding carboxylic acids is 1. The van der Waals surface area contributed by atoms with Gasteiger partial charge in [-0.3, -0.25) is 4.79 Å². The molecule has 6 heteroatoms. The molecule has 0 amide bonds. The van der Waals surface area contributed by atoms with Crippen LogP contribution in [-0.4, -0.2) is 19.6 Å². The third-order valence-corrected chi connectivity index (χ3v) is 6.76. The number of fused-ring (bicyclic) bond motifs is 3. The topological polar surface area (TPSA) is 51.5 Å². The van der Waals surface area contributed by atoms with E-state index in [4.69, 9.17) is 9.15 Å². The van der Waals surface area contributed by atoms with E-state index in [9.17, 15) is 13.6 Å². The molecule has 0 unspecified atom stereocenters. The normalized spacial score (nSPS) is 13.2. The van der Waals surface area contributed by atoms with Crippen molar-refractivity contribution in [2.45, 2.75) is 24.7 Å². The largest absolute Gasteiger partial charge is 0.468 e. The first-order chi connectivity index (χ1) is 17.0. The Morgan fingerprint density at radius 1 is 0.971 bits per heavy atom. The van der Waals surface area contributed by atoms with Gasteiger partial charge < -0.3 is 14.5 Å². The van der Waals surface area contributed by atoms with Crippen molar-refractivity contribution in [1.29, 1.82) is 0 Å². The monoisotopic (exact) mass is 473 g/mol. The van der Waals surface area contributed by atoms with Gasteiger partial charge in [-0.25, -0.2) is 8.78 Å². The number of furan rings is 1. The van der Waals surface area contributed by atoms with Gasteiger partial charge in [-0.05, 0) is 66.3 Å². The van der Waals surface area contributed by atoms with Crippen LogP contribution >= 0.6 is 0 Å². The summed E-state index contributed by atoms with van der Waals surface area (Å²) in [5, 5.41) is 5.41. The molecule has 1 aliphatic heterocycles. The lowest BCUT2D eigenvalue weighted by Gasteiger charge is -2.32. The highest BCUT2D eigenvalue weighted by Gasteiger charge is 2.43. The van der Waals surface area contributed by atoms with Gasteiger partial charge in [0.15, 0.2) is 0 Å². The smallest absolute Gasteiger partial charge is 0.320 e. The average molecular weight is 474 g/mol. The van der Waals surface area contributed by atoms with Crippen LogP contribution in [0.2, 0.25) is 0 Å². The molecule has 1 aromatic heterocycles. The summed E-state index contributed by atoms with van der Waals surface area (Å²) in [6.45, 7) is 0.644. The van der Waals surface area contributed by atoms with Crippen LogP contribution in [0.3, 0.4) is 0 Å². The second kappa shape index (κ2) is 9.37. The number of nitrogens with one attached hydrogen (secondary N) is 1. The highest BCUT2D eigenvalue weighted by Crippen LogP contribution is 2.39. The fourth-order valence-electron chi connectivity index (χ4n) is 5.03. The van der Waals surface area contributed by atoms with Crippen molar-refractivity contribution < 1.29 is 22.7 Å². The Hall–Kier alpha value is -3.93. The number of hydrogen-bond acceptors (Lipinski definition) is 4. The third kappa shape index (κ3) is 4.09. The summed E-state index contributed by atoms with van der Waals surface area (Å²) in [7, 11) is 1.33. The van der Waals surface area contributed by atoms with E-state index < -0.39 is 23.0 Å². The fraction of sp³-hybridized carbons (Fsp3) is 0.207. The maximum Gasteiger partial charge on any atom is 0.320 e. The van der Waals surface area contributed by atoms with E-state index in [2.05, 4.69) is 5.32 Å². The van der Waals surface area contributed by atoms with Crippen molar-refractivity contribution in [3.63, 3.8) is 0 Å². The van der Waals surface area contributed by atoms with Crippen molar-refractivity contribution >= 4 is 28.7 Å². The molecule has 4 nitrogen and oxygen atoms in total. The molecule has 0 saturated carbocycles. The molecule has 1 N–H and O–H groups in total. The number of hydrogen-bond donors (Lipinski definition) is 1. The van der Waals surface area contributed by atoms with Crippen LogP contribution in [0.15, 0.2) is 77.2 Å². The maximum absolute atomic E-state index is 13.7. The zero-order valence-electron chi connectivity index (χ0n) is 19.3. The molecular formula is C29H25F2NO3. The van der Waals surface area contributed by atoms with Crippen LogP contribution in [-0.2, 0) is 14.9 Å². The minimum absolute atomic E-state index is 0.389. The van der Waals surface area contributed by atoms with E-state index in [1.165, 1.54) is 31.4 Å². The first-order valence-corrected chi connectivity index (χ1v) is 11.6. The summed E-state index contributed by atoms with van der Waals surface area (Å²) in [6.07, 6.45) is 3.66.